The summed E-state index contributed by atoms with van der Waals surface area (Å²) in [5, 5.41) is 7.68. The molecule has 0 atom stereocenters. The Hall–Kier alpha value is -3.22. The second-order valence-electron chi connectivity index (χ2n) is 5.92. The van der Waals surface area contributed by atoms with Crippen LogP contribution in [0.2, 0.25) is 0 Å². The van der Waals surface area contributed by atoms with Crippen LogP contribution in [0.15, 0.2) is 42.7 Å². The molecular formula is C19H19FN4O2. The summed E-state index contributed by atoms with van der Waals surface area (Å²) in [6, 6.07) is 8.53. The van der Waals surface area contributed by atoms with E-state index in [1.165, 1.54) is 19.4 Å². The highest BCUT2D eigenvalue weighted by molar-refractivity contribution is 5.91. The average molecular weight is 354 g/mol. The number of nitrogens with zero attached hydrogens (tertiary/aromatic N) is 3. The zero-order valence-electron chi connectivity index (χ0n) is 14.8. The number of carbonyl (C=O) groups is 1. The molecule has 0 saturated heterocycles. The highest BCUT2D eigenvalue weighted by Gasteiger charge is 2.13. The number of hydrogen-bond acceptors (Lipinski definition) is 5. The number of methoxy groups -OCH3 is 1. The minimum absolute atomic E-state index is 0.351. The first kappa shape index (κ1) is 17.6. The quantitative estimate of drug-likeness (QED) is 0.712. The molecule has 0 aliphatic carbocycles. The van der Waals surface area contributed by atoms with E-state index in [2.05, 4.69) is 15.4 Å². The van der Waals surface area contributed by atoms with Crippen molar-refractivity contribution in [2.24, 2.45) is 7.05 Å². The molecule has 0 aliphatic rings. The maximum atomic E-state index is 13.1. The minimum atomic E-state index is -0.381. The van der Waals surface area contributed by atoms with Crippen LogP contribution in [0.5, 0.6) is 0 Å². The van der Waals surface area contributed by atoms with Crippen molar-refractivity contribution < 1.29 is 13.9 Å². The number of carbonyl (C=O) groups excluding carboxylic acids is 1. The zero-order chi connectivity index (χ0) is 18.7. The normalized spacial score (nSPS) is 10.6. The lowest BCUT2D eigenvalue weighted by Crippen LogP contribution is -2.06. The smallest absolute Gasteiger partial charge is 0.338 e. The van der Waals surface area contributed by atoms with Gasteiger partial charge in [-0.2, -0.15) is 5.10 Å². The molecule has 0 amide bonds. The van der Waals surface area contributed by atoms with Gasteiger partial charge in [-0.25, -0.2) is 9.18 Å². The first-order valence-electron chi connectivity index (χ1n) is 8.05. The third-order valence-electron chi connectivity index (χ3n) is 3.99. The van der Waals surface area contributed by atoms with Crippen molar-refractivity contribution >= 4 is 11.8 Å². The van der Waals surface area contributed by atoms with Crippen molar-refractivity contribution in [2.45, 2.75) is 13.5 Å². The van der Waals surface area contributed by atoms with Crippen LogP contribution in [-0.2, 0) is 18.3 Å². The molecule has 26 heavy (non-hydrogen) atoms. The highest BCUT2D eigenvalue weighted by atomic mass is 19.1. The Bertz CT molecular complexity index is 935. The molecule has 2 heterocycles. The number of pyridine rings is 1. The van der Waals surface area contributed by atoms with Gasteiger partial charge in [0.25, 0.3) is 0 Å². The van der Waals surface area contributed by atoms with Crippen LogP contribution in [0.1, 0.15) is 21.5 Å². The maximum absolute atomic E-state index is 13.1. The predicted octanol–water partition coefficient (Wildman–Crippen LogP) is 3.33. The molecule has 0 bridgehead atoms. The second kappa shape index (κ2) is 7.35. The Balaban J connectivity index is 1.79. The van der Waals surface area contributed by atoms with Crippen LogP contribution in [-0.4, -0.2) is 27.8 Å². The molecule has 134 valence electrons. The Kier molecular flexibility index (Phi) is 4.97. The van der Waals surface area contributed by atoms with E-state index >= 15 is 0 Å². The van der Waals surface area contributed by atoms with Crippen molar-refractivity contribution in [3.63, 3.8) is 0 Å². The SMILES string of the molecule is COC(=O)c1ccc(CNc2nn(C)cc2-c2ccc(F)cn2)cc1C. The van der Waals surface area contributed by atoms with Gasteiger partial charge in [0, 0.05) is 19.8 Å². The summed E-state index contributed by atoms with van der Waals surface area (Å²) in [7, 11) is 3.18. The fourth-order valence-corrected chi connectivity index (χ4v) is 2.70. The molecule has 7 heteroatoms. The Labute approximate surface area is 150 Å². The lowest BCUT2D eigenvalue weighted by atomic mass is 10.1. The van der Waals surface area contributed by atoms with E-state index in [1.807, 2.05) is 32.3 Å². The van der Waals surface area contributed by atoms with Crippen LogP contribution in [0, 0.1) is 12.7 Å². The summed E-state index contributed by atoms with van der Waals surface area (Å²) in [5.74, 6) is -0.0777. The largest absolute Gasteiger partial charge is 0.465 e. The molecule has 1 N–H and O–H groups in total. The van der Waals surface area contributed by atoms with Crippen molar-refractivity contribution in [1.29, 1.82) is 0 Å². The van der Waals surface area contributed by atoms with Crippen molar-refractivity contribution in [3.05, 3.63) is 65.2 Å². The maximum Gasteiger partial charge on any atom is 0.338 e. The predicted molar refractivity (Wildman–Crippen MR) is 96.2 cm³/mol. The molecule has 1 aromatic carbocycles. The number of hydrogen-bond donors (Lipinski definition) is 1. The number of anilines is 1. The number of benzene rings is 1. The van der Waals surface area contributed by atoms with Crippen LogP contribution < -0.4 is 5.32 Å². The standard InChI is InChI=1S/C19H19FN4O2/c1-12-8-13(4-6-15(12)19(25)26-3)9-22-18-16(11-24(2)23-18)17-7-5-14(20)10-21-17/h4-8,10-11H,9H2,1-3H3,(H,22,23). The van der Waals surface area contributed by atoms with E-state index in [0.717, 1.165) is 16.7 Å². The van der Waals surface area contributed by atoms with Gasteiger partial charge in [0.2, 0.25) is 0 Å². The van der Waals surface area contributed by atoms with Crippen LogP contribution in [0.25, 0.3) is 11.3 Å². The third kappa shape index (κ3) is 3.72. The molecule has 3 aromatic rings. The van der Waals surface area contributed by atoms with E-state index in [-0.39, 0.29) is 11.8 Å². The minimum Gasteiger partial charge on any atom is -0.465 e. The van der Waals surface area contributed by atoms with Gasteiger partial charge in [-0.15, -0.1) is 0 Å². The van der Waals surface area contributed by atoms with Gasteiger partial charge >= 0.3 is 5.97 Å². The number of esters is 1. The summed E-state index contributed by atoms with van der Waals surface area (Å²) < 4.78 is 19.5. The monoisotopic (exact) mass is 354 g/mol. The van der Waals surface area contributed by atoms with E-state index in [4.69, 9.17) is 4.74 Å². The first-order valence-corrected chi connectivity index (χ1v) is 8.05. The molecule has 0 unspecified atom stereocenters. The Morgan fingerprint density at radius 3 is 2.77 bits per heavy atom. The van der Waals surface area contributed by atoms with E-state index in [1.54, 1.807) is 16.8 Å². The van der Waals surface area contributed by atoms with Crippen molar-refractivity contribution in [1.82, 2.24) is 14.8 Å². The lowest BCUT2D eigenvalue weighted by Gasteiger charge is -2.09. The van der Waals surface area contributed by atoms with Crippen molar-refractivity contribution in [2.75, 3.05) is 12.4 Å². The molecule has 0 radical (unpaired) electrons. The summed E-state index contributed by atoms with van der Waals surface area (Å²) in [6.07, 6.45) is 3.01. The Morgan fingerprint density at radius 2 is 2.12 bits per heavy atom. The summed E-state index contributed by atoms with van der Waals surface area (Å²) in [6.45, 7) is 2.39. The summed E-state index contributed by atoms with van der Waals surface area (Å²) >= 11 is 0. The molecule has 0 fully saturated rings. The van der Waals surface area contributed by atoms with Gasteiger partial charge in [0.15, 0.2) is 5.82 Å². The molecule has 0 saturated carbocycles. The van der Waals surface area contributed by atoms with Crippen molar-refractivity contribution in [3.8, 4) is 11.3 Å². The number of aryl methyl sites for hydroxylation is 2. The fraction of sp³-hybridized carbons (Fsp3) is 0.211. The topological polar surface area (TPSA) is 69.0 Å². The highest BCUT2D eigenvalue weighted by Crippen LogP contribution is 2.25. The third-order valence-corrected chi connectivity index (χ3v) is 3.99. The number of aromatic nitrogens is 3. The van der Waals surface area contributed by atoms with Gasteiger partial charge in [0.1, 0.15) is 5.82 Å². The van der Waals surface area contributed by atoms with Crippen LogP contribution in [0.4, 0.5) is 10.2 Å². The summed E-state index contributed by atoms with van der Waals surface area (Å²) in [5.41, 5.74) is 3.82. The fourth-order valence-electron chi connectivity index (χ4n) is 2.70. The molecular weight excluding hydrogens is 335 g/mol. The average Bonchev–Trinajstić information content (AvgIpc) is 3.00. The summed E-state index contributed by atoms with van der Waals surface area (Å²) in [4.78, 5) is 15.8. The van der Waals surface area contributed by atoms with Crippen LogP contribution in [0.3, 0.4) is 0 Å². The molecule has 0 spiro atoms. The van der Waals surface area contributed by atoms with Crippen LogP contribution >= 0.6 is 0 Å². The molecule has 3 rings (SSSR count). The van der Waals surface area contributed by atoms with E-state index in [9.17, 15) is 9.18 Å². The van der Waals surface area contributed by atoms with Gasteiger partial charge in [-0.05, 0) is 36.2 Å². The zero-order valence-corrected chi connectivity index (χ0v) is 14.8. The second-order valence-corrected chi connectivity index (χ2v) is 5.92. The lowest BCUT2D eigenvalue weighted by molar-refractivity contribution is 0.0600. The number of halogens is 1. The van der Waals surface area contributed by atoms with E-state index < -0.39 is 0 Å². The van der Waals surface area contributed by atoms with Gasteiger partial charge in [-0.3, -0.25) is 9.67 Å². The molecule has 2 aromatic heterocycles. The van der Waals surface area contributed by atoms with Gasteiger partial charge in [0.05, 0.1) is 30.1 Å². The number of rotatable bonds is 5. The first-order chi connectivity index (χ1) is 12.5. The number of ether oxygens (including phenoxy) is 1. The number of nitrogens with one attached hydrogen (secondary N) is 1. The van der Waals surface area contributed by atoms with E-state index in [0.29, 0.717) is 23.6 Å². The molecule has 0 aliphatic heterocycles. The molecule has 6 nitrogen and oxygen atoms in total. The Morgan fingerprint density at radius 1 is 1.31 bits per heavy atom. The van der Waals surface area contributed by atoms with Gasteiger partial charge < -0.3 is 10.1 Å². The van der Waals surface area contributed by atoms with Gasteiger partial charge in [-0.1, -0.05) is 12.1 Å².